The van der Waals surface area contributed by atoms with E-state index in [2.05, 4.69) is 10.6 Å². The van der Waals surface area contributed by atoms with Crippen LogP contribution in [0, 0.1) is 0 Å². The summed E-state index contributed by atoms with van der Waals surface area (Å²) in [6.45, 7) is 3.82. The number of amides is 1. The van der Waals surface area contributed by atoms with E-state index in [1.165, 1.54) is 0 Å². The standard InChI is InChI=1S/C18H23N3O3/c1-11(2)20-18(22)12-5-7-15(14(19)9-12)21-16-10-13(23-3)6-8-17(16)24-4/h5-11,21H,19H2,1-4H3,(H,20,22). The summed E-state index contributed by atoms with van der Waals surface area (Å²) in [5.41, 5.74) is 8.48. The molecule has 0 saturated carbocycles. The predicted molar refractivity (Wildman–Crippen MR) is 96.3 cm³/mol. The smallest absolute Gasteiger partial charge is 0.251 e. The highest BCUT2D eigenvalue weighted by atomic mass is 16.5. The number of anilines is 3. The van der Waals surface area contributed by atoms with Gasteiger partial charge in [0.05, 0.1) is 31.3 Å². The van der Waals surface area contributed by atoms with Gasteiger partial charge in [-0.05, 0) is 44.2 Å². The number of ether oxygens (including phenoxy) is 2. The largest absolute Gasteiger partial charge is 0.497 e. The number of carbonyl (C=O) groups is 1. The SMILES string of the molecule is COc1ccc(OC)c(Nc2ccc(C(=O)NC(C)C)cc2N)c1. The van der Waals surface area contributed by atoms with Crippen LogP contribution < -0.4 is 25.8 Å². The van der Waals surface area contributed by atoms with E-state index in [9.17, 15) is 4.79 Å². The highest BCUT2D eigenvalue weighted by molar-refractivity contribution is 5.96. The summed E-state index contributed by atoms with van der Waals surface area (Å²) >= 11 is 0. The van der Waals surface area contributed by atoms with Crippen molar-refractivity contribution in [3.8, 4) is 11.5 Å². The maximum Gasteiger partial charge on any atom is 0.251 e. The molecule has 2 rings (SSSR count). The summed E-state index contributed by atoms with van der Waals surface area (Å²) in [6, 6.07) is 10.6. The zero-order valence-electron chi connectivity index (χ0n) is 14.3. The molecular formula is C18H23N3O3. The molecule has 0 aliphatic carbocycles. The zero-order chi connectivity index (χ0) is 17.7. The molecule has 0 aromatic heterocycles. The van der Waals surface area contributed by atoms with Crippen molar-refractivity contribution >= 4 is 23.0 Å². The Kier molecular flexibility index (Phi) is 5.52. The molecule has 0 aliphatic heterocycles. The van der Waals surface area contributed by atoms with E-state index >= 15 is 0 Å². The lowest BCUT2D eigenvalue weighted by Crippen LogP contribution is -2.30. The van der Waals surface area contributed by atoms with Gasteiger partial charge in [-0.3, -0.25) is 4.79 Å². The van der Waals surface area contributed by atoms with Crippen LogP contribution in [0.2, 0.25) is 0 Å². The van der Waals surface area contributed by atoms with Gasteiger partial charge in [0.1, 0.15) is 11.5 Å². The summed E-state index contributed by atoms with van der Waals surface area (Å²) in [6.07, 6.45) is 0. The van der Waals surface area contributed by atoms with Gasteiger partial charge < -0.3 is 25.8 Å². The Morgan fingerprint density at radius 3 is 2.38 bits per heavy atom. The third kappa shape index (κ3) is 4.10. The molecule has 6 nitrogen and oxygen atoms in total. The fraction of sp³-hybridized carbons (Fsp3) is 0.278. The van der Waals surface area contributed by atoms with Crippen LogP contribution in [0.5, 0.6) is 11.5 Å². The summed E-state index contributed by atoms with van der Waals surface area (Å²) in [7, 11) is 3.19. The molecule has 0 heterocycles. The lowest BCUT2D eigenvalue weighted by Gasteiger charge is -2.15. The summed E-state index contributed by atoms with van der Waals surface area (Å²) in [5, 5.41) is 6.05. The zero-order valence-corrected chi connectivity index (χ0v) is 14.3. The molecule has 0 saturated heterocycles. The van der Waals surface area contributed by atoms with Crippen molar-refractivity contribution < 1.29 is 14.3 Å². The first-order valence-corrected chi connectivity index (χ1v) is 7.64. The van der Waals surface area contributed by atoms with E-state index in [-0.39, 0.29) is 11.9 Å². The minimum absolute atomic E-state index is 0.0672. The van der Waals surface area contributed by atoms with Gasteiger partial charge in [0, 0.05) is 17.7 Å². The molecular weight excluding hydrogens is 306 g/mol. The third-order valence-corrected chi connectivity index (χ3v) is 3.41. The quantitative estimate of drug-likeness (QED) is 0.709. The number of hydrogen-bond acceptors (Lipinski definition) is 5. The minimum atomic E-state index is -0.151. The van der Waals surface area contributed by atoms with Crippen molar-refractivity contribution in [1.82, 2.24) is 5.32 Å². The molecule has 0 radical (unpaired) electrons. The van der Waals surface area contributed by atoms with E-state index in [1.807, 2.05) is 32.0 Å². The average molecular weight is 329 g/mol. The number of methoxy groups -OCH3 is 2. The lowest BCUT2D eigenvalue weighted by molar-refractivity contribution is 0.0943. The molecule has 6 heteroatoms. The molecule has 0 unspecified atom stereocenters. The second-order valence-electron chi connectivity index (χ2n) is 5.62. The topological polar surface area (TPSA) is 85.6 Å². The number of nitrogens with one attached hydrogen (secondary N) is 2. The normalized spacial score (nSPS) is 10.4. The molecule has 4 N–H and O–H groups in total. The Balaban J connectivity index is 2.26. The monoisotopic (exact) mass is 329 g/mol. The van der Waals surface area contributed by atoms with Crippen molar-refractivity contribution in [1.29, 1.82) is 0 Å². The maximum atomic E-state index is 12.0. The fourth-order valence-corrected chi connectivity index (χ4v) is 2.22. The van der Waals surface area contributed by atoms with Gasteiger partial charge in [-0.15, -0.1) is 0 Å². The number of carbonyl (C=O) groups excluding carboxylic acids is 1. The highest BCUT2D eigenvalue weighted by Crippen LogP contribution is 2.33. The van der Waals surface area contributed by atoms with Crippen LogP contribution in [0.15, 0.2) is 36.4 Å². The fourth-order valence-electron chi connectivity index (χ4n) is 2.22. The first kappa shape index (κ1) is 17.5. The molecule has 0 spiro atoms. The summed E-state index contributed by atoms with van der Waals surface area (Å²) in [5.74, 6) is 1.21. The minimum Gasteiger partial charge on any atom is -0.497 e. The first-order valence-electron chi connectivity index (χ1n) is 7.64. The van der Waals surface area contributed by atoms with Crippen molar-refractivity contribution in [2.45, 2.75) is 19.9 Å². The van der Waals surface area contributed by atoms with Gasteiger partial charge in [-0.25, -0.2) is 0 Å². The maximum absolute atomic E-state index is 12.0. The Bertz CT molecular complexity index is 729. The van der Waals surface area contributed by atoms with E-state index in [0.29, 0.717) is 28.4 Å². The number of nitrogens with two attached hydrogens (primary N) is 1. The highest BCUT2D eigenvalue weighted by Gasteiger charge is 2.11. The van der Waals surface area contributed by atoms with Crippen molar-refractivity contribution in [2.24, 2.45) is 0 Å². The molecule has 0 bridgehead atoms. The van der Waals surface area contributed by atoms with E-state index in [0.717, 1.165) is 5.69 Å². The predicted octanol–water partition coefficient (Wildman–Crippen LogP) is 3.17. The molecule has 0 atom stereocenters. The lowest BCUT2D eigenvalue weighted by atomic mass is 10.1. The van der Waals surface area contributed by atoms with Gasteiger partial charge in [-0.2, -0.15) is 0 Å². The third-order valence-electron chi connectivity index (χ3n) is 3.41. The molecule has 0 fully saturated rings. The van der Waals surface area contributed by atoms with Gasteiger partial charge in [0.2, 0.25) is 0 Å². The Morgan fingerprint density at radius 1 is 1.04 bits per heavy atom. The van der Waals surface area contributed by atoms with Crippen LogP contribution in [0.3, 0.4) is 0 Å². The molecule has 0 aliphatic rings. The number of rotatable bonds is 6. The Morgan fingerprint density at radius 2 is 1.79 bits per heavy atom. The summed E-state index contributed by atoms with van der Waals surface area (Å²) in [4.78, 5) is 12.0. The molecule has 2 aromatic rings. The number of nitrogen functional groups attached to an aromatic ring is 1. The van der Waals surface area contributed by atoms with Crippen LogP contribution in [-0.4, -0.2) is 26.2 Å². The van der Waals surface area contributed by atoms with E-state index < -0.39 is 0 Å². The summed E-state index contributed by atoms with van der Waals surface area (Å²) < 4.78 is 10.6. The van der Waals surface area contributed by atoms with Crippen molar-refractivity contribution in [3.05, 3.63) is 42.0 Å². The van der Waals surface area contributed by atoms with Gasteiger partial charge >= 0.3 is 0 Å². The second-order valence-corrected chi connectivity index (χ2v) is 5.62. The van der Waals surface area contributed by atoms with E-state index in [4.69, 9.17) is 15.2 Å². The van der Waals surface area contributed by atoms with Gasteiger partial charge in [0.15, 0.2) is 0 Å². The van der Waals surface area contributed by atoms with Crippen molar-refractivity contribution in [3.63, 3.8) is 0 Å². The Hall–Kier alpha value is -2.89. The number of hydrogen-bond donors (Lipinski definition) is 3. The molecule has 24 heavy (non-hydrogen) atoms. The molecule has 128 valence electrons. The van der Waals surface area contributed by atoms with E-state index in [1.54, 1.807) is 32.4 Å². The number of benzene rings is 2. The van der Waals surface area contributed by atoms with Crippen LogP contribution >= 0.6 is 0 Å². The van der Waals surface area contributed by atoms with Gasteiger partial charge in [-0.1, -0.05) is 0 Å². The molecule has 2 aromatic carbocycles. The average Bonchev–Trinajstić information content (AvgIpc) is 2.55. The van der Waals surface area contributed by atoms with Gasteiger partial charge in [0.25, 0.3) is 5.91 Å². The first-order chi connectivity index (χ1) is 11.4. The van der Waals surface area contributed by atoms with Crippen LogP contribution in [0.25, 0.3) is 0 Å². The van der Waals surface area contributed by atoms with Crippen molar-refractivity contribution in [2.75, 3.05) is 25.3 Å². The van der Waals surface area contributed by atoms with Crippen LogP contribution in [0.1, 0.15) is 24.2 Å². The Labute approximate surface area is 142 Å². The van der Waals surface area contributed by atoms with Crippen LogP contribution in [0.4, 0.5) is 17.1 Å². The van der Waals surface area contributed by atoms with Crippen LogP contribution in [-0.2, 0) is 0 Å². The molecule has 1 amide bonds. The second kappa shape index (κ2) is 7.59.